The van der Waals surface area contributed by atoms with Gasteiger partial charge in [0.25, 0.3) is 5.91 Å². The summed E-state index contributed by atoms with van der Waals surface area (Å²) in [7, 11) is -3.21. The zero-order chi connectivity index (χ0) is 17.0. The number of hydrogen-bond donors (Lipinski definition) is 1. The number of sulfone groups is 1. The van der Waals surface area contributed by atoms with Gasteiger partial charge in [0.2, 0.25) is 0 Å². The number of aryl methyl sites for hydroxylation is 1. The summed E-state index contributed by atoms with van der Waals surface area (Å²) in [5.74, 6) is -0.146. The molecule has 0 heterocycles. The van der Waals surface area contributed by atoms with Crippen molar-refractivity contribution in [1.29, 1.82) is 0 Å². The highest BCUT2D eigenvalue weighted by molar-refractivity contribution is 7.90. The van der Waals surface area contributed by atoms with Gasteiger partial charge in [0, 0.05) is 11.8 Å². The van der Waals surface area contributed by atoms with Crippen LogP contribution in [-0.2, 0) is 16.3 Å². The molecule has 0 spiro atoms. The predicted molar refractivity (Wildman–Crippen MR) is 91.3 cm³/mol. The second-order valence-corrected chi connectivity index (χ2v) is 7.60. The van der Waals surface area contributed by atoms with Crippen molar-refractivity contribution in [3.05, 3.63) is 65.2 Å². The first-order valence-corrected chi connectivity index (χ1v) is 9.40. The summed E-state index contributed by atoms with van der Waals surface area (Å²) in [6.07, 6.45) is 2.11. The summed E-state index contributed by atoms with van der Waals surface area (Å²) in [6.45, 7) is 3.94. The van der Waals surface area contributed by atoms with Crippen LogP contribution >= 0.6 is 0 Å². The van der Waals surface area contributed by atoms with Crippen molar-refractivity contribution in [2.75, 3.05) is 6.26 Å². The fraction of sp³-hybridized carbons (Fsp3) is 0.278. The van der Waals surface area contributed by atoms with E-state index in [1.807, 2.05) is 31.2 Å². The van der Waals surface area contributed by atoms with E-state index in [-0.39, 0.29) is 16.8 Å². The smallest absolute Gasteiger partial charge is 0.251 e. The number of benzene rings is 2. The molecule has 2 aromatic carbocycles. The second kappa shape index (κ2) is 6.96. The van der Waals surface area contributed by atoms with Crippen molar-refractivity contribution in [2.24, 2.45) is 0 Å². The molecule has 122 valence electrons. The van der Waals surface area contributed by atoms with Gasteiger partial charge in [0.15, 0.2) is 9.84 Å². The lowest BCUT2D eigenvalue weighted by Gasteiger charge is -2.15. The van der Waals surface area contributed by atoms with E-state index in [9.17, 15) is 13.2 Å². The topological polar surface area (TPSA) is 63.2 Å². The van der Waals surface area contributed by atoms with Crippen LogP contribution in [0.1, 0.15) is 41.4 Å². The molecule has 23 heavy (non-hydrogen) atoms. The van der Waals surface area contributed by atoms with Gasteiger partial charge in [-0.2, -0.15) is 0 Å². The Morgan fingerprint density at radius 1 is 1.04 bits per heavy atom. The number of carbonyl (C=O) groups excluding carboxylic acids is 1. The van der Waals surface area contributed by atoms with Crippen molar-refractivity contribution in [1.82, 2.24) is 5.32 Å². The molecular weight excluding hydrogens is 310 g/mol. The van der Waals surface area contributed by atoms with Crippen LogP contribution in [0.4, 0.5) is 0 Å². The minimum atomic E-state index is -3.21. The Bertz CT molecular complexity index is 778. The Hall–Kier alpha value is -2.14. The van der Waals surface area contributed by atoms with Gasteiger partial charge in [-0.05, 0) is 48.7 Å². The van der Waals surface area contributed by atoms with Crippen LogP contribution < -0.4 is 5.32 Å². The molecule has 0 aliphatic carbocycles. The Kier molecular flexibility index (Phi) is 5.21. The van der Waals surface area contributed by atoms with Gasteiger partial charge < -0.3 is 5.32 Å². The highest BCUT2D eigenvalue weighted by Gasteiger charge is 2.13. The molecule has 1 atom stereocenters. The Balaban J connectivity index is 2.08. The zero-order valence-electron chi connectivity index (χ0n) is 13.5. The zero-order valence-corrected chi connectivity index (χ0v) is 14.4. The number of amides is 1. The van der Waals surface area contributed by atoms with Crippen molar-refractivity contribution >= 4 is 15.7 Å². The molecule has 0 radical (unpaired) electrons. The molecule has 0 saturated heterocycles. The number of carbonyl (C=O) groups is 1. The maximum atomic E-state index is 12.2. The molecular formula is C18H21NO3S. The second-order valence-electron chi connectivity index (χ2n) is 5.59. The molecule has 0 aromatic heterocycles. The molecule has 0 bridgehead atoms. The van der Waals surface area contributed by atoms with Crippen LogP contribution in [0.5, 0.6) is 0 Å². The lowest BCUT2D eigenvalue weighted by Crippen LogP contribution is -2.26. The summed E-state index contributed by atoms with van der Waals surface area (Å²) in [5.41, 5.74) is 2.66. The Morgan fingerprint density at radius 2 is 1.61 bits per heavy atom. The van der Waals surface area contributed by atoms with E-state index in [2.05, 4.69) is 12.2 Å². The first-order valence-electron chi connectivity index (χ1n) is 7.51. The van der Waals surface area contributed by atoms with Crippen LogP contribution in [0.2, 0.25) is 0 Å². The molecule has 4 nitrogen and oxygen atoms in total. The van der Waals surface area contributed by atoms with E-state index >= 15 is 0 Å². The van der Waals surface area contributed by atoms with Gasteiger partial charge in [0.05, 0.1) is 10.9 Å². The van der Waals surface area contributed by atoms with Crippen molar-refractivity contribution in [2.45, 2.75) is 31.2 Å². The van der Waals surface area contributed by atoms with E-state index in [4.69, 9.17) is 0 Å². The van der Waals surface area contributed by atoms with E-state index in [0.717, 1.165) is 12.0 Å². The maximum Gasteiger partial charge on any atom is 0.251 e. The number of nitrogens with one attached hydrogen (secondary N) is 1. The molecule has 0 fully saturated rings. The van der Waals surface area contributed by atoms with Crippen molar-refractivity contribution in [3.8, 4) is 0 Å². The number of rotatable bonds is 5. The highest BCUT2D eigenvalue weighted by atomic mass is 32.2. The Labute approximate surface area is 137 Å². The number of hydrogen-bond acceptors (Lipinski definition) is 3. The fourth-order valence-electron chi connectivity index (χ4n) is 2.26. The monoisotopic (exact) mass is 331 g/mol. The largest absolute Gasteiger partial charge is 0.346 e. The first kappa shape index (κ1) is 17.2. The summed E-state index contributed by atoms with van der Waals surface area (Å²) < 4.78 is 22.9. The van der Waals surface area contributed by atoms with Gasteiger partial charge >= 0.3 is 0 Å². The normalized spacial score (nSPS) is 12.7. The summed E-state index contributed by atoms with van der Waals surface area (Å²) in [4.78, 5) is 12.5. The summed E-state index contributed by atoms with van der Waals surface area (Å²) in [5, 5.41) is 2.92. The summed E-state index contributed by atoms with van der Waals surface area (Å²) in [6, 6.07) is 13.9. The SMILES string of the molecule is CCc1ccc(C(=O)N[C@H](C)c2ccc(S(C)(=O)=O)cc2)cc1. The molecule has 1 amide bonds. The van der Waals surface area contributed by atoms with Crippen LogP contribution in [0, 0.1) is 0 Å². The molecule has 0 aliphatic rings. The van der Waals surface area contributed by atoms with Gasteiger partial charge in [-0.1, -0.05) is 31.2 Å². The highest BCUT2D eigenvalue weighted by Crippen LogP contribution is 2.17. The lowest BCUT2D eigenvalue weighted by atomic mass is 10.1. The summed E-state index contributed by atoms with van der Waals surface area (Å²) >= 11 is 0. The molecule has 2 aromatic rings. The third-order valence-electron chi connectivity index (χ3n) is 3.78. The molecule has 5 heteroatoms. The predicted octanol–water partition coefficient (Wildman–Crippen LogP) is 3.14. The van der Waals surface area contributed by atoms with E-state index in [1.165, 1.54) is 11.8 Å². The van der Waals surface area contributed by atoms with Crippen LogP contribution in [0.25, 0.3) is 0 Å². The average Bonchev–Trinajstić information content (AvgIpc) is 2.54. The molecule has 0 saturated carbocycles. The molecule has 0 unspecified atom stereocenters. The van der Waals surface area contributed by atoms with Crippen molar-refractivity contribution in [3.63, 3.8) is 0 Å². The molecule has 0 aliphatic heterocycles. The maximum absolute atomic E-state index is 12.2. The van der Waals surface area contributed by atoms with Gasteiger partial charge in [-0.25, -0.2) is 8.42 Å². The van der Waals surface area contributed by atoms with Crippen molar-refractivity contribution < 1.29 is 13.2 Å². The molecule has 1 N–H and O–H groups in total. The van der Waals surface area contributed by atoms with E-state index < -0.39 is 9.84 Å². The average molecular weight is 331 g/mol. The van der Waals surface area contributed by atoms with Gasteiger partial charge in [-0.15, -0.1) is 0 Å². The third kappa shape index (κ3) is 4.42. The van der Waals surface area contributed by atoms with Gasteiger partial charge in [0.1, 0.15) is 0 Å². The Morgan fingerprint density at radius 3 is 2.09 bits per heavy atom. The van der Waals surface area contributed by atoms with Crippen LogP contribution in [0.3, 0.4) is 0 Å². The van der Waals surface area contributed by atoms with E-state index in [1.54, 1.807) is 24.3 Å². The quantitative estimate of drug-likeness (QED) is 0.915. The van der Waals surface area contributed by atoms with Crippen LogP contribution in [-0.4, -0.2) is 20.6 Å². The minimum Gasteiger partial charge on any atom is -0.346 e. The van der Waals surface area contributed by atoms with Crippen LogP contribution in [0.15, 0.2) is 53.4 Å². The third-order valence-corrected chi connectivity index (χ3v) is 4.91. The standard InChI is InChI=1S/C18H21NO3S/c1-4-14-5-7-16(8-6-14)18(20)19-13(2)15-9-11-17(12-10-15)23(3,21)22/h5-13H,4H2,1-3H3,(H,19,20)/t13-/m1/s1. The lowest BCUT2D eigenvalue weighted by molar-refractivity contribution is 0.0940. The minimum absolute atomic E-state index is 0.146. The van der Waals surface area contributed by atoms with Gasteiger partial charge in [-0.3, -0.25) is 4.79 Å². The fourth-order valence-corrected chi connectivity index (χ4v) is 2.89. The van der Waals surface area contributed by atoms with E-state index in [0.29, 0.717) is 5.56 Å². The first-order chi connectivity index (χ1) is 10.8. The molecule has 2 rings (SSSR count).